The molecule has 0 radical (unpaired) electrons. The van der Waals surface area contributed by atoms with Crippen LogP contribution < -0.4 is 11.0 Å². The third kappa shape index (κ3) is 3.87. The maximum atomic E-state index is 12.8. The highest BCUT2D eigenvalue weighted by Crippen LogP contribution is 2.13. The van der Waals surface area contributed by atoms with Gasteiger partial charge in [-0.1, -0.05) is 36.4 Å². The Morgan fingerprint density at radius 1 is 1.23 bits per heavy atom. The maximum Gasteiger partial charge on any atom is 0.267 e. The molecule has 1 heterocycles. The van der Waals surface area contributed by atoms with Crippen molar-refractivity contribution in [1.29, 1.82) is 0 Å². The molecule has 0 fully saturated rings. The van der Waals surface area contributed by atoms with Crippen molar-refractivity contribution in [2.45, 2.75) is 19.9 Å². The molecule has 2 aromatic carbocycles. The fourth-order valence-electron chi connectivity index (χ4n) is 2.81. The van der Waals surface area contributed by atoms with Crippen LogP contribution >= 0.6 is 0 Å². The summed E-state index contributed by atoms with van der Waals surface area (Å²) in [7, 11) is 0. The fourth-order valence-corrected chi connectivity index (χ4v) is 2.81. The highest BCUT2D eigenvalue weighted by atomic mass is 16.5. The zero-order valence-electron chi connectivity index (χ0n) is 14.3. The van der Waals surface area contributed by atoms with Crippen LogP contribution in [0.2, 0.25) is 0 Å². The fraction of sp³-hybridized carbons (Fsp3) is 0.150. The second kappa shape index (κ2) is 7.76. The molecule has 6 nitrogen and oxygen atoms in total. The number of rotatable bonds is 5. The standard InChI is InChI=1S/C20H19N3O3/c1-14-21-18-13-16(8-10-19(24)22-26)7-9-17(18)20(25)23(14)12-11-15-5-3-2-4-6-15/h2-10,13,26H,11-12H2,1H3,(H,22,24). The Hall–Kier alpha value is -3.25. The summed E-state index contributed by atoms with van der Waals surface area (Å²) in [5.41, 5.74) is 3.92. The molecule has 26 heavy (non-hydrogen) atoms. The Kier molecular flexibility index (Phi) is 5.24. The molecule has 3 aromatic rings. The first-order valence-electron chi connectivity index (χ1n) is 8.26. The van der Waals surface area contributed by atoms with Gasteiger partial charge in [0.2, 0.25) is 0 Å². The van der Waals surface area contributed by atoms with Crippen LogP contribution in [0.15, 0.2) is 59.4 Å². The number of benzene rings is 2. The van der Waals surface area contributed by atoms with E-state index in [-0.39, 0.29) is 5.56 Å². The molecule has 0 saturated heterocycles. The van der Waals surface area contributed by atoms with Gasteiger partial charge in [-0.15, -0.1) is 0 Å². The van der Waals surface area contributed by atoms with E-state index in [0.29, 0.717) is 23.3 Å². The van der Waals surface area contributed by atoms with Gasteiger partial charge in [-0.2, -0.15) is 0 Å². The molecule has 2 N–H and O–H groups in total. The molecule has 6 heteroatoms. The first-order chi connectivity index (χ1) is 12.6. The Morgan fingerprint density at radius 3 is 2.73 bits per heavy atom. The van der Waals surface area contributed by atoms with Crippen LogP contribution in [0.4, 0.5) is 0 Å². The Morgan fingerprint density at radius 2 is 2.00 bits per heavy atom. The number of carbonyl (C=O) groups excluding carboxylic acids is 1. The summed E-state index contributed by atoms with van der Waals surface area (Å²) < 4.78 is 1.68. The normalized spacial score (nSPS) is 11.2. The topological polar surface area (TPSA) is 84.2 Å². The summed E-state index contributed by atoms with van der Waals surface area (Å²) in [5, 5.41) is 9.05. The molecule has 0 bridgehead atoms. The van der Waals surface area contributed by atoms with Gasteiger partial charge in [0.15, 0.2) is 0 Å². The molecule has 1 amide bonds. The number of nitrogens with one attached hydrogen (secondary N) is 1. The van der Waals surface area contributed by atoms with Crippen molar-refractivity contribution in [3.63, 3.8) is 0 Å². The lowest BCUT2D eigenvalue weighted by atomic mass is 10.1. The first kappa shape index (κ1) is 17.6. The number of carbonyl (C=O) groups is 1. The van der Waals surface area contributed by atoms with E-state index in [1.165, 1.54) is 17.1 Å². The number of hydroxylamine groups is 1. The largest absolute Gasteiger partial charge is 0.296 e. The molecule has 0 saturated carbocycles. The van der Waals surface area contributed by atoms with E-state index < -0.39 is 5.91 Å². The second-order valence-electron chi connectivity index (χ2n) is 5.94. The van der Waals surface area contributed by atoms with Crippen molar-refractivity contribution in [2.75, 3.05) is 0 Å². The quantitative estimate of drug-likeness (QED) is 0.421. The predicted molar refractivity (Wildman–Crippen MR) is 99.8 cm³/mol. The second-order valence-corrected chi connectivity index (χ2v) is 5.94. The maximum absolute atomic E-state index is 12.8. The molecule has 0 aliphatic carbocycles. The minimum absolute atomic E-state index is 0.0768. The van der Waals surface area contributed by atoms with Crippen LogP contribution in [0.1, 0.15) is 17.0 Å². The molecular weight excluding hydrogens is 330 g/mol. The van der Waals surface area contributed by atoms with Crippen molar-refractivity contribution in [1.82, 2.24) is 15.0 Å². The van der Waals surface area contributed by atoms with Gasteiger partial charge in [0.1, 0.15) is 5.82 Å². The monoisotopic (exact) mass is 349 g/mol. The van der Waals surface area contributed by atoms with Crippen molar-refractivity contribution < 1.29 is 10.0 Å². The minimum Gasteiger partial charge on any atom is -0.296 e. The van der Waals surface area contributed by atoms with Gasteiger partial charge >= 0.3 is 0 Å². The summed E-state index contributed by atoms with van der Waals surface area (Å²) in [6.07, 6.45) is 3.50. The number of aromatic nitrogens is 2. The molecule has 3 rings (SSSR count). The van der Waals surface area contributed by atoms with Crippen molar-refractivity contribution in [2.24, 2.45) is 0 Å². The summed E-state index contributed by atoms with van der Waals surface area (Å²) in [4.78, 5) is 28.4. The van der Waals surface area contributed by atoms with Crippen molar-refractivity contribution in [3.8, 4) is 0 Å². The van der Waals surface area contributed by atoms with Crippen LogP contribution in [0.5, 0.6) is 0 Å². The van der Waals surface area contributed by atoms with E-state index in [1.54, 1.807) is 28.8 Å². The van der Waals surface area contributed by atoms with Gasteiger partial charge in [-0.05, 0) is 42.7 Å². The number of aryl methyl sites for hydroxylation is 2. The van der Waals surface area contributed by atoms with Gasteiger partial charge in [0.25, 0.3) is 11.5 Å². The molecule has 0 spiro atoms. The zero-order chi connectivity index (χ0) is 18.5. The van der Waals surface area contributed by atoms with E-state index in [1.807, 2.05) is 37.3 Å². The highest BCUT2D eigenvalue weighted by Gasteiger charge is 2.08. The average Bonchev–Trinajstić information content (AvgIpc) is 2.66. The number of fused-ring (bicyclic) bond motifs is 1. The molecule has 1 aromatic heterocycles. The third-order valence-electron chi connectivity index (χ3n) is 4.17. The summed E-state index contributed by atoms with van der Waals surface area (Å²) in [5.74, 6) is 0.0261. The van der Waals surface area contributed by atoms with E-state index >= 15 is 0 Å². The Labute approximate surface area is 150 Å². The van der Waals surface area contributed by atoms with Gasteiger partial charge in [0, 0.05) is 12.6 Å². The molecule has 0 unspecified atom stereocenters. The summed E-state index contributed by atoms with van der Waals surface area (Å²) >= 11 is 0. The number of nitrogens with zero attached hydrogens (tertiary/aromatic N) is 2. The Bertz CT molecular complexity index is 1020. The third-order valence-corrected chi connectivity index (χ3v) is 4.17. The van der Waals surface area contributed by atoms with Gasteiger partial charge in [-0.3, -0.25) is 19.4 Å². The molecule has 132 valence electrons. The highest BCUT2D eigenvalue weighted by molar-refractivity contribution is 5.91. The summed E-state index contributed by atoms with van der Waals surface area (Å²) in [6.45, 7) is 2.38. The lowest BCUT2D eigenvalue weighted by molar-refractivity contribution is -0.124. The Balaban J connectivity index is 1.91. The lowest BCUT2D eigenvalue weighted by Gasteiger charge is -2.11. The SMILES string of the molecule is Cc1nc2cc(C=CC(=O)NO)ccc2c(=O)n1CCc1ccccc1. The molecule has 0 aliphatic rings. The molecular formula is C20H19N3O3. The van der Waals surface area contributed by atoms with Gasteiger partial charge in [0.05, 0.1) is 10.9 Å². The number of amides is 1. The van der Waals surface area contributed by atoms with Crippen LogP contribution in [-0.2, 0) is 17.8 Å². The minimum atomic E-state index is -0.620. The van der Waals surface area contributed by atoms with E-state index in [0.717, 1.165) is 12.0 Å². The average molecular weight is 349 g/mol. The first-order valence-corrected chi connectivity index (χ1v) is 8.26. The van der Waals surface area contributed by atoms with Crippen molar-refractivity contribution in [3.05, 3.63) is 81.9 Å². The smallest absolute Gasteiger partial charge is 0.267 e. The van der Waals surface area contributed by atoms with Gasteiger partial charge < -0.3 is 0 Å². The van der Waals surface area contributed by atoms with Crippen LogP contribution in [0.3, 0.4) is 0 Å². The van der Waals surface area contributed by atoms with E-state index in [9.17, 15) is 9.59 Å². The van der Waals surface area contributed by atoms with E-state index in [4.69, 9.17) is 5.21 Å². The number of hydrogen-bond acceptors (Lipinski definition) is 4. The van der Waals surface area contributed by atoms with Crippen LogP contribution in [-0.4, -0.2) is 20.7 Å². The van der Waals surface area contributed by atoms with Crippen molar-refractivity contribution >= 4 is 22.9 Å². The number of hydrogen-bond donors (Lipinski definition) is 2. The lowest BCUT2D eigenvalue weighted by Crippen LogP contribution is -2.24. The molecule has 0 aliphatic heterocycles. The van der Waals surface area contributed by atoms with E-state index in [2.05, 4.69) is 4.98 Å². The van der Waals surface area contributed by atoms with Crippen LogP contribution in [0.25, 0.3) is 17.0 Å². The van der Waals surface area contributed by atoms with Gasteiger partial charge in [-0.25, -0.2) is 10.5 Å². The zero-order valence-corrected chi connectivity index (χ0v) is 14.3. The molecule has 0 atom stereocenters. The van der Waals surface area contributed by atoms with Crippen LogP contribution in [0, 0.1) is 6.92 Å². The predicted octanol–water partition coefficient (Wildman–Crippen LogP) is 2.47. The summed E-state index contributed by atoms with van der Waals surface area (Å²) in [6, 6.07) is 15.2.